The molecule has 0 atom stereocenters. The van der Waals surface area contributed by atoms with Gasteiger partial charge < -0.3 is 15.0 Å². The number of halogens is 2. The molecular weight excluding hydrogens is 454 g/mol. The highest BCUT2D eigenvalue weighted by molar-refractivity contribution is 14.0. The van der Waals surface area contributed by atoms with Crippen LogP contribution in [0, 0.1) is 12.7 Å². The molecule has 0 unspecified atom stereocenters. The molecule has 0 saturated heterocycles. The van der Waals surface area contributed by atoms with E-state index in [2.05, 4.69) is 15.3 Å². The summed E-state index contributed by atoms with van der Waals surface area (Å²) in [6.45, 7) is 5.42. The van der Waals surface area contributed by atoms with Crippen molar-refractivity contribution in [2.45, 2.75) is 26.9 Å². The van der Waals surface area contributed by atoms with Crippen LogP contribution in [-0.4, -0.2) is 36.5 Å². The van der Waals surface area contributed by atoms with E-state index in [-0.39, 0.29) is 35.5 Å². The Kier molecular flexibility index (Phi) is 9.12. The summed E-state index contributed by atoms with van der Waals surface area (Å²) in [7, 11) is 3.67. The van der Waals surface area contributed by atoms with Crippen molar-refractivity contribution in [3.8, 4) is 5.75 Å². The Hall–Kier alpha value is -1.42. The van der Waals surface area contributed by atoms with Crippen molar-refractivity contribution in [1.29, 1.82) is 0 Å². The fourth-order valence-electron chi connectivity index (χ4n) is 2.29. The molecule has 0 saturated carbocycles. The van der Waals surface area contributed by atoms with Crippen molar-refractivity contribution in [2.75, 3.05) is 20.7 Å². The molecule has 0 aliphatic rings. The Morgan fingerprint density at radius 2 is 2.20 bits per heavy atom. The summed E-state index contributed by atoms with van der Waals surface area (Å²) in [5.74, 6) is 0.661. The van der Waals surface area contributed by atoms with Gasteiger partial charge in [-0.2, -0.15) is 0 Å². The lowest BCUT2D eigenvalue weighted by Gasteiger charge is -2.21. The van der Waals surface area contributed by atoms with Crippen LogP contribution in [0.2, 0.25) is 0 Å². The van der Waals surface area contributed by atoms with Crippen LogP contribution in [0.1, 0.15) is 23.2 Å². The van der Waals surface area contributed by atoms with Crippen molar-refractivity contribution < 1.29 is 9.13 Å². The van der Waals surface area contributed by atoms with E-state index in [9.17, 15) is 4.39 Å². The molecule has 1 aromatic heterocycles. The molecular formula is C17H24FIN4OS. The molecule has 2 aromatic rings. The number of ether oxygens (including phenoxy) is 1. The summed E-state index contributed by atoms with van der Waals surface area (Å²) >= 11 is 1.63. The average Bonchev–Trinajstić information content (AvgIpc) is 2.95. The summed E-state index contributed by atoms with van der Waals surface area (Å²) in [4.78, 5) is 10.7. The summed E-state index contributed by atoms with van der Waals surface area (Å²) in [5.41, 5.74) is 1.84. The standard InChI is InChI=1S/C17H23FN4OS.HI/c1-5-23-16-7-6-13(8-15(16)18)9-20-17(19-3)22(4)10-14-11-24-12(2)21-14;/h6-8,11H,5,9-10H2,1-4H3,(H,19,20);1H. The van der Waals surface area contributed by atoms with Gasteiger partial charge in [0.25, 0.3) is 0 Å². The highest BCUT2D eigenvalue weighted by Crippen LogP contribution is 2.18. The third-order valence-electron chi connectivity index (χ3n) is 3.39. The predicted octanol–water partition coefficient (Wildman–Crippen LogP) is 3.81. The predicted molar refractivity (Wildman–Crippen MR) is 112 cm³/mol. The van der Waals surface area contributed by atoms with Crippen molar-refractivity contribution in [1.82, 2.24) is 15.2 Å². The van der Waals surface area contributed by atoms with E-state index in [1.807, 2.05) is 37.2 Å². The van der Waals surface area contributed by atoms with E-state index in [1.54, 1.807) is 24.5 Å². The summed E-state index contributed by atoms with van der Waals surface area (Å²) in [6.07, 6.45) is 0. The third kappa shape index (κ3) is 6.43. The quantitative estimate of drug-likeness (QED) is 0.390. The zero-order valence-corrected chi connectivity index (χ0v) is 18.0. The Balaban J connectivity index is 0.00000312. The van der Waals surface area contributed by atoms with Gasteiger partial charge in [0.1, 0.15) is 0 Å². The summed E-state index contributed by atoms with van der Waals surface area (Å²) in [5, 5.41) is 6.33. The van der Waals surface area contributed by atoms with Crippen molar-refractivity contribution in [3.63, 3.8) is 0 Å². The molecule has 1 N–H and O–H groups in total. The molecule has 0 aliphatic heterocycles. The number of aliphatic imine (C=N–C) groups is 1. The number of rotatable bonds is 6. The zero-order valence-electron chi connectivity index (χ0n) is 14.9. The number of thiazole rings is 1. The van der Waals surface area contributed by atoms with Gasteiger partial charge in [0, 0.05) is 26.0 Å². The lowest BCUT2D eigenvalue weighted by Crippen LogP contribution is -2.38. The highest BCUT2D eigenvalue weighted by atomic mass is 127. The first kappa shape index (κ1) is 21.6. The lowest BCUT2D eigenvalue weighted by molar-refractivity contribution is 0.321. The van der Waals surface area contributed by atoms with Gasteiger partial charge in [-0.05, 0) is 31.5 Å². The van der Waals surface area contributed by atoms with Crippen LogP contribution in [-0.2, 0) is 13.1 Å². The van der Waals surface area contributed by atoms with Crippen LogP contribution in [0.4, 0.5) is 4.39 Å². The summed E-state index contributed by atoms with van der Waals surface area (Å²) < 4.78 is 19.1. The van der Waals surface area contributed by atoms with Gasteiger partial charge in [0.05, 0.1) is 23.9 Å². The number of aryl methyl sites for hydroxylation is 1. The number of nitrogens with one attached hydrogen (secondary N) is 1. The minimum Gasteiger partial charge on any atom is -0.491 e. The maximum absolute atomic E-state index is 13.9. The Morgan fingerprint density at radius 3 is 2.76 bits per heavy atom. The van der Waals surface area contributed by atoms with Crippen LogP contribution < -0.4 is 10.1 Å². The first-order chi connectivity index (χ1) is 11.5. The van der Waals surface area contributed by atoms with Crippen molar-refractivity contribution >= 4 is 41.3 Å². The fraction of sp³-hybridized carbons (Fsp3) is 0.412. The largest absolute Gasteiger partial charge is 0.491 e. The van der Waals surface area contributed by atoms with Crippen LogP contribution in [0.25, 0.3) is 0 Å². The fourth-order valence-corrected chi connectivity index (χ4v) is 2.90. The minimum absolute atomic E-state index is 0. The molecule has 1 heterocycles. The van der Waals surface area contributed by atoms with Crippen LogP contribution in [0.3, 0.4) is 0 Å². The Bertz CT molecular complexity index is 708. The van der Waals surface area contributed by atoms with E-state index in [0.29, 0.717) is 19.7 Å². The van der Waals surface area contributed by atoms with Crippen molar-refractivity contribution in [2.24, 2.45) is 4.99 Å². The molecule has 25 heavy (non-hydrogen) atoms. The van der Waals surface area contributed by atoms with E-state index in [0.717, 1.165) is 22.2 Å². The molecule has 138 valence electrons. The highest BCUT2D eigenvalue weighted by Gasteiger charge is 2.10. The number of nitrogens with zero attached hydrogens (tertiary/aromatic N) is 3. The minimum atomic E-state index is -0.350. The molecule has 1 aromatic carbocycles. The van der Waals surface area contributed by atoms with E-state index < -0.39 is 0 Å². The second-order valence-electron chi connectivity index (χ2n) is 5.31. The Labute approximate surface area is 169 Å². The normalized spacial score (nSPS) is 11.0. The van der Waals surface area contributed by atoms with Crippen LogP contribution >= 0.6 is 35.3 Å². The van der Waals surface area contributed by atoms with Gasteiger partial charge in [0.2, 0.25) is 0 Å². The van der Waals surface area contributed by atoms with E-state index >= 15 is 0 Å². The van der Waals surface area contributed by atoms with Gasteiger partial charge in [-0.3, -0.25) is 4.99 Å². The van der Waals surface area contributed by atoms with Gasteiger partial charge in [-0.25, -0.2) is 9.37 Å². The number of aromatic nitrogens is 1. The van der Waals surface area contributed by atoms with E-state index in [1.165, 1.54) is 6.07 Å². The summed E-state index contributed by atoms with van der Waals surface area (Å²) in [6, 6.07) is 4.98. The third-order valence-corrected chi connectivity index (χ3v) is 4.21. The SMILES string of the molecule is CCOc1ccc(CNC(=NC)N(C)Cc2csc(C)n2)cc1F.I. The average molecular weight is 478 g/mol. The molecule has 5 nitrogen and oxygen atoms in total. The molecule has 0 aliphatic carbocycles. The van der Waals surface area contributed by atoms with Crippen LogP contribution in [0.5, 0.6) is 5.75 Å². The second kappa shape index (κ2) is 10.5. The first-order valence-electron chi connectivity index (χ1n) is 7.77. The first-order valence-corrected chi connectivity index (χ1v) is 8.65. The Morgan fingerprint density at radius 1 is 1.44 bits per heavy atom. The molecule has 0 bridgehead atoms. The molecule has 0 amide bonds. The van der Waals surface area contributed by atoms with Crippen molar-refractivity contribution in [3.05, 3.63) is 45.7 Å². The monoisotopic (exact) mass is 478 g/mol. The second-order valence-corrected chi connectivity index (χ2v) is 6.37. The molecule has 0 fully saturated rings. The van der Waals surface area contributed by atoms with Gasteiger partial charge in [-0.1, -0.05) is 6.07 Å². The van der Waals surface area contributed by atoms with Gasteiger partial charge in [-0.15, -0.1) is 35.3 Å². The lowest BCUT2D eigenvalue weighted by atomic mass is 10.2. The van der Waals surface area contributed by atoms with E-state index in [4.69, 9.17) is 4.74 Å². The smallest absolute Gasteiger partial charge is 0.194 e. The van der Waals surface area contributed by atoms with Gasteiger partial charge >= 0.3 is 0 Å². The number of guanidine groups is 1. The molecule has 2 rings (SSSR count). The van der Waals surface area contributed by atoms with Gasteiger partial charge in [0.15, 0.2) is 17.5 Å². The maximum atomic E-state index is 13.9. The topological polar surface area (TPSA) is 49.8 Å². The molecule has 8 heteroatoms. The number of hydrogen-bond donors (Lipinski definition) is 1. The molecule has 0 spiro atoms. The maximum Gasteiger partial charge on any atom is 0.194 e. The number of benzene rings is 1. The molecule has 0 radical (unpaired) electrons. The number of hydrogen-bond acceptors (Lipinski definition) is 4. The van der Waals surface area contributed by atoms with Crippen LogP contribution in [0.15, 0.2) is 28.6 Å². The zero-order chi connectivity index (χ0) is 17.5.